The summed E-state index contributed by atoms with van der Waals surface area (Å²) in [5.74, 6) is 1.60. The first-order valence-corrected chi connectivity index (χ1v) is 11.1. The minimum atomic E-state index is -1.18. The summed E-state index contributed by atoms with van der Waals surface area (Å²) in [6, 6.07) is 6.16. The Morgan fingerprint density at radius 1 is 1.27 bits per heavy atom. The second-order valence-electron chi connectivity index (χ2n) is 9.20. The van der Waals surface area contributed by atoms with E-state index in [1.165, 1.54) is 11.1 Å². The van der Waals surface area contributed by atoms with Crippen LogP contribution in [-0.4, -0.2) is 41.8 Å². The van der Waals surface area contributed by atoms with Crippen LogP contribution < -0.4 is 15.5 Å². The number of alkyl halides is 1. The van der Waals surface area contributed by atoms with Crippen molar-refractivity contribution in [3.8, 4) is 0 Å². The molecule has 7 heteroatoms. The predicted molar refractivity (Wildman–Crippen MR) is 122 cm³/mol. The van der Waals surface area contributed by atoms with Crippen molar-refractivity contribution in [2.45, 2.75) is 39.8 Å². The number of rotatable bonds is 5. The number of piperidine rings is 1. The molecule has 3 unspecified atom stereocenters. The van der Waals surface area contributed by atoms with Gasteiger partial charge in [-0.2, -0.15) is 4.98 Å². The monoisotopic (exact) mass is 431 g/mol. The van der Waals surface area contributed by atoms with Crippen molar-refractivity contribution in [1.82, 2.24) is 15.3 Å². The van der Waals surface area contributed by atoms with Gasteiger partial charge in [0.05, 0.1) is 6.20 Å². The first-order valence-electron chi connectivity index (χ1n) is 10.8. The van der Waals surface area contributed by atoms with Crippen LogP contribution in [0.2, 0.25) is 5.02 Å². The van der Waals surface area contributed by atoms with Crippen molar-refractivity contribution in [3.63, 3.8) is 0 Å². The first kappa shape index (κ1) is 21.3. The van der Waals surface area contributed by atoms with Crippen LogP contribution in [0.5, 0.6) is 0 Å². The average molecular weight is 432 g/mol. The van der Waals surface area contributed by atoms with E-state index in [0.29, 0.717) is 35.8 Å². The maximum absolute atomic E-state index is 15.5. The molecule has 2 saturated heterocycles. The molecule has 162 valence electrons. The second kappa shape index (κ2) is 8.31. The van der Waals surface area contributed by atoms with Gasteiger partial charge in [0.15, 0.2) is 5.82 Å². The van der Waals surface area contributed by atoms with Crippen LogP contribution in [0.1, 0.15) is 31.4 Å². The molecule has 1 aromatic heterocycles. The van der Waals surface area contributed by atoms with Crippen LogP contribution in [0.3, 0.4) is 0 Å². The summed E-state index contributed by atoms with van der Waals surface area (Å²) in [7, 11) is 0. The highest BCUT2D eigenvalue weighted by atomic mass is 35.5. The number of hydrogen-bond donors (Lipinski definition) is 2. The Balaban J connectivity index is 1.55. The van der Waals surface area contributed by atoms with Crippen LogP contribution in [0.4, 0.5) is 21.8 Å². The quantitative estimate of drug-likeness (QED) is 0.705. The van der Waals surface area contributed by atoms with Gasteiger partial charge in [0.2, 0.25) is 5.95 Å². The van der Waals surface area contributed by atoms with Crippen LogP contribution in [0.15, 0.2) is 24.4 Å². The second-order valence-corrected chi connectivity index (χ2v) is 9.61. The van der Waals surface area contributed by atoms with Crippen molar-refractivity contribution in [1.29, 1.82) is 0 Å². The number of aromatic nitrogens is 2. The Labute approximate surface area is 183 Å². The van der Waals surface area contributed by atoms with Gasteiger partial charge in [0.1, 0.15) is 10.7 Å². The molecule has 2 fully saturated rings. The molecule has 0 aliphatic carbocycles. The van der Waals surface area contributed by atoms with E-state index in [4.69, 9.17) is 16.6 Å². The summed E-state index contributed by atoms with van der Waals surface area (Å²) in [6.07, 6.45) is 2.52. The summed E-state index contributed by atoms with van der Waals surface area (Å²) >= 11 is 6.38. The molecular weight excluding hydrogens is 401 g/mol. The number of aryl methyl sites for hydroxylation is 2. The van der Waals surface area contributed by atoms with Gasteiger partial charge in [0.25, 0.3) is 0 Å². The van der Waals surface area contributed by atoms with Crippen LogP contribution in [0.25, 0.3) is 0 Å². The highest BCUT2D eigenvalue weighted by Gasteiger charge is 2.46. The molecule has 0 bridgehead atoms. The number of benzene rings is 1. The zero-order chi connectivity index (χ0) is 21.5. The normalized spacial score (nSPS) is 27.1. The molecule has 30 heavy (non-hydrogen) atoms. The zero-order valence-corrected chi connectivity index (χ0v) is 18.9. The van der Waals surface area contributed by atoms with E-state index in [1.54, 1.807) is 13.1 Å². The molecule has 0 spiro atoms. The summed E-state index contributed by atoms with van der Waals surface area (Å²) in [6.45, 7) is 11.1. The molecule has 0 saturated carbocycles. The number of nitrogens with zero attached hydrogens (tertiary/aromatic N) is 3. The highest BCUT2D eigenvalue weighted by Crippen LogP contribution is 2.41. The van der Waals surface area contributed by atoms with E-state index in [2.05, 4.69) is 46.5 Å². The fourth-order valence-corrected chi connectivity index (χ4v) is 4.51. The van der Waals surface area contributed by atoms with Gasteiger partial charge >= 0.3 is 0 Å². The van der Waals surface area contributed by atoms with Crippen molar-refractivity contribution in [2.24, 2.45) is 17.8 Å². The van der Waals surface area contributed by atoms with Crippen LogP contribution in [-0.2, 0) is 0 Å². The molecule has 0 amide bonds. The van der Waals surface area contributed by atoms with Gasteiger partial charge in [-0.3, -0.25) is 0 Å². The molecule has 2 N–H and O–H groups in total. The van der Waals surface area contributed by atoms with Crippen molar-refractivity contribution in [3.05, 3.63) is 40.5 Å². The van der Waals surface area contributed by atoms with E-state index in [0.717, 1.165) is 25.2 Å². The molecule has 3 heterocycles. The Morgan fingerprint density at radius 3 is 2.70 bits per heavy atom. The van der Waals surface area contributed by atoms with Crippen LogP contribution >= 0.6 is 11.6 Å². The lowest BCUT2D eigenvalue weighted by Crippen LogP contribution is -2.56. The highest BCUT2D eigenvalue weighted by molar-refractivity contribution is 6.32. The van der Waals surface area contributed by atoms with E-state index in [-0.39, 0.29) is 11.8 Å². The molecule has 5 nitrogen and oxygen atoms in total. The van der Waals surface area contributed by atoms with Crippen molar-refractivity contribution < 1.29 is 4.39 Å². The summed E-state index contributed by atoms with van der Waals surface area (Å²) in [5, 5.41) is 7.08. The minimum absolute atomic E-state index is 0.0382. The number of hydrogen-bond acceptors (Lipinski definition) is 5. The minimum Gasteiger partial charge on any atom is -0.340 e. The van der Waals surface area contributed by atoms with Crippen molar-refractivity contribution >= 4 is 29.1 Å². The fraction of sp³-hybridized carbons (Fsp3) is 0.565. The lowest BCUT2D eigenvalue weighted by atomic mass is 9.72. The molecule has 0 radical (unpaired) electrons. The van der Waals surface area contributed by atoms with Crippen molar-refractivity contribution in [2.75, 3.05) is 36.4 Å². The van der Waals surface area contributed by atoms with E-state index in [9.17, 15) is 0 Å². The number of anilines is 3. The lowest BCUT2D eigenvalue weighted by Gasteiger charge is -2.47. The third kappa shape index (κ3) is 4.26. The van der Waals surface area contributed by atoms with Gasteiger partial charge in [-0.25, -0.2) is 9.37 Å². The molecular formula is C23H31ClFN5. The smallest absolute Gasteiger partial charge is 0.227 e. The average Bonchev–Trinajstić information content (AvgIpc) is 2.66. The van der Waals surface area contributed by atoms with E-state index < -0.39 is 5.67 Å². The lowest BCUT2D eigenvalue weighted by molar-refractivity contribution is 0.0106. The number of halogens is 2. The Morgan fingerprint density at radius 2 is 2.03 bits per heavy atom. The molecule has 2 aromatic rings. The SMILES string of the molecule is Cc1ccc(Nc2nc(N3CC(C)C(C)(F)C(CC4CNC4)C3)ncc2Cl)cc1C. The summed E-state index contributed by atoms with van der Waals surface area (Å²) in [5.41, 5.74) is 2.19. The van der Waals surface area contributed by atoms with E-state index in [1.807, 2.05) is 13.0 Å². The maximum atomic E-state index is 15.5. The molecule has 2 aliphatic heterocycles. The summed E-state index contributed by atoms with van der Waals surface area (Å²) in [4.78, 5) is 11.3. The largest absolute Gasteiger partial charge is 0.340 e. The summed E-state index contributed by atoms with van der Waals surface area (Å²) < 4.78 is 15.5. The van der Waals surface area contributed by atoms with Crippen LogP contribution in [0, 0.1) is 31.6 Å². The molecule has 1 aromatic carbocycles. The Kier molecular flexibility index (Phi) is 5.90. The molecule has 2 aliphatic rings. The van der Waals surface area contributed by atoms with E-state index >= 15 is 4.39 Å². The van der Waals surface area contributed by atoms with Gasteiger partial charge in [-0.1, -0.05) is 24.6 Å². The van der Waals surface area contributed by atoms with Gasteiger partial charge in [-0.05, 0) is 69.5 Å². The topological polar surface area (TPSA) is 53.1 Å². The standard InChI is InChI=1S/C23H31ClFN5/c1-14-5-6-19(7-15(14)2)28-21-20(24)11-27-22(29-21)30-12-16(3)23(4,25)18(13-30)8-17-9-26-10-17/h5-7,11,16-18,26H,8-10,12-13H2,1-4H3,(H,27,28,29). The fourth-order valence-electron chi connectivity index (χ4n) is 4.37. The third-order valence-corrected chi connectivity index (χ3v) is 7.24. The maximum Gasteiger partial charge on any atom is 0.227 e. The molecule has 3 atom stereocenters. The Hall–Kier alpha value is -1.92. The Bertz CT molecular complexity index is 914. The third-order valence-electron chi connectivity index (χ3n) is 6.96. The van der Waals surface area contributed by atoms with Gasteiger partial charge in [-0.15, -0.1) is 0 Å². The zero-order valence-electron chi connectivity index (χ0n) is 18.2. The number of nitrogens with one attached hydrogen (secondary N) is 2. The first-order chi connectivity index (χ1) is 14.2. The predicted octanol–water partition coefficient (Wildman–Crippen LogP) is 4.90. The molecule has 4 rings (SSSR count). The van der Waals surface area contributed by atoms with Gasteiger partial charge < -0.3 is 15.5 Å². The van der Waals surface area contributed by atoms with Gasteiger partial charge in [0, 0.05) is 30.6 Å².